The first-order chi connectivity index (χ1) is 10.1. The molecule has 2 aromatic heterocycles. The number of fused-ring (bicyclic) bond motifs is 1. The molecule has 0 unspecified atom stereocenters. The van der Waals surface area contributed by atoms with Gasteiger partial charge in [-0.15, -0.1) is 11.3 Å². The van der Waals surface area contributed by atoms with E-state index in [9.17, 15) is 4.79 Å². The van der Waals surface area contributed by atoms with Gasteiger partial charge in [0, 0.05) is 24.0 Å². The van der Waals surface area contributed by atoms with Crippen molar-refractivity contribution in [2.75, 3.05) is 5.73 Å². The molecule has 0 spiro atoms. The highest BCUT2D eigenvalue weighted by Gasteiger charge is 2.17. The average Bonchev–Trinajstić information content (AvgIpc) is 2.83. The Morgan fingerprint density at radius 3 is 2.90 bits per heavy atom. The van der Waals surface area contributed by atoms with Crippen LogP contribution in [0.25, 0.3) is 10.3 Å². The molecule has 1 amide bonds. The van der Waals surface area contributed by atoms with E-state index >= 15 is 0 Å². The molecule has 0 radical (unpaired) electrons. The number of halogens is 1. The van der Waals surface area contributed by atoms with E-state index < -0.39 is 0 Å². The third-order valence-corrected chi connectivity index (χ3v) is 4.25. The topological polar surface area (TPSA) is 80.9 Å². The number of carbonyl (C=O) groups excluding carboxylic acids is 1. The van der Waals surface area contributed by atoms with E-state index in [-0.39, 0.29) is 5.91 Å². The number of hydrogen-bond acceptors (Lipinski definition) is 5. The molecule has 5 nitrogen and oxygen atoms in total. The van der Waals surface area contributed by atoms with Gasteiger partial charge in [-0.2, -0.15) is 0 Å². The van der Waals surface area contributed by atoms with E-state index in [0.29, 0.717) is 32.5 Å². The summed E-state index contributed by atoms with van der Waals surface area (Å²) >= 11 is 7.14. The molecule has 1 aromatic carbocycles. The van der Waals surface area contributed by atoms with E-state index in [2.05, 4.69) is 15.3 Å². The fraction of sp³-hybridized carbons (Fsp3) is 0.0714. The molecule has 0 aliphatic carbocycles. The van der Waals surface area contributed by atoms with Gasteiger partial charge < -0.3 is 11.1 Å². The summed E-state index contributed by atoms with van der Waals surface area (Å²) in [6, 6.07) is 7.32. The molecule has 0 fully saturated rings. The minimum absolute atomic E-state index is 0.239. The molecule has 0 aliphatic heterocycles. The molecule has 0 saturated carbocycles. The number of aromatic nitrogens is 2. The Morgan fingerprint density at radius 1 is 1.33 bits per heavy atom. The first kappa shape index (κ1) is 13.8. The molecule has 106 valence electrons. The summed E-state index contributed by atoms with van der Waals surface area (Å²) in [5.41, 5.74) is 7.81. The first-order valence-electron chi connectivity index (χ1n) is 6.17. The van der Waals surface area contributed by atoms with Gasteiger partial charge in [-0.25, -0.2) is 9.97 Å². The largest absolute Gasteiger partial charge is 0.396 e. The van der Waals surface area contributed by atoms with Crippen LogP contribution < -0.4 is 11.1 Å². The minimum Gasteiger partial charge on any atom is -0.396 e. The van der Waals surface area contributed by atoms with Crippen molar-refractivity contribution < 1.29 is 4.79 Å². The van der Waals surface area contributed by atoms with Gasteiger partial charge in [-0.05, 0) is 17.7 Å². The third-order valence-electron chi connectivity index (χ3n) is 2.91. The van der Waals surface area contributed by atoms with Crippen LogP contribution in [-0.4, -0.2) is 15.9 Å². The molecular formula is C14H11ClN4OS. The zero-order chi connectivity index (χ0) is 14.8. The van der Waals surface area contributed by atoms with Crippen molar-refractivity contribution in [1.82, 2.24) is 15.3 Å². The SMILES string of the molecule is Nc1c(C(=O)NCc2cccc(Cl)c2)sc2nccnc12. The maximum Gasteiger partial charge on any atom is 0.263 e. The van der Waals surface area contributed by atoms with Gasteiger partial charge in [-0.1, -0.05) is 23.7 Å². The summed E-state index contributed by atoms with van der Waals surface area (Å²) in [4.78, 5) is 21.6. The number of carbonyl (C=O) groups is 1. The maximum absolute atomic E-state index is 12.2. The molecule has 3 rings (SSSR count). The van der Waals surface area contributed by atoms with E-state index in [4.69, 9.17) is 17.3 Å². The number of hydrogen-bond donors (Lipinski definition) is 2. The summed E-state index contributed by atoms with van der Waals surface area (Å²) in [5, 5.41) is 3.46. The van der Waals surface area contributed by atoms with E-state index in [1.54, 1.807) is 24.5 Å². The van der Waals surface area contributed by atoms with Gasteiger partial charge in [0.15, 0.2) is 0 Å². The van der Waals surface area contributed by atoms with Crippen LogP contribution in [0.15, 0.2) is 36.7 Å². The van der Waals surface area contributed by atoms with Gasteiger partial charge in [0.05, 0.1) is 5.69 Å². The molecule has 3 N–H and O–H groups in total. The number of nitrogens with zero attached hydrogens (tertiary/aromatic N) is 2. The number of nitrogens with one attached hydrogen (secondary N) is 1. The molecular weight excluding hydrogens is 308 g/mol. The average molecular weight is 319 g/mol. The lowest BCUT2D eigenvalue weighted by atomic mass is 10.2. The van der Waals surface area contributed by atoms with Crippen LogP contribution in [0.4, 0.5) is 5.69 Å². The van der Waals surface area contributed by atoms with Crippen molar-refractivity contribution in [2.45, 2.75) is 6.54 Å². The van der Waals surface area contributed by atoms with Crippen molar-refractivity contribution in [3.05, 3.63) is 52.1 Å². The van der Waals surface area contributed by atoms with Crippen molar-refractivity contribution in [1.29, 1.82) is 0 Å². The standard InChI is InChI=1S/C14H11ClN4OS/c15-9-3-1-2-8(6-9)7-19-13(20)12-10(16)11-14(21-12)18-5-4-17-11/h1-6H,7,16H2,(H,19,20). The van der Waals surface area contributed by atoms with Crippen LogP contribution in [0.3, 0.4) is 0 Å². The van der Waals surface area contributed by atoms with E-state index in [1.165, 1.54) is 11.3 Å². The van der Waals surface area contributed by atoms with Gasteiger partial charge in [-0.3, -0.25) is 4.79 Å². The molecule has 0 aliphatic rings. The number of nitrogens with two attached hydrogens (primary N) is 1. The third kappa shape index (κ3) is 2.81. The van der Waals surface area contributed by atoms with Crippen molar-refractivity contribution in [3.63, 3.8) is 0 Å². The zero-order valence-corrected chi connectivity index (χ0v) is 12.4. The van der Waals surface area contributed by atoms with Crippen molar-refractivity contribution in [3.8, 4) is 0 Å². The lowest BCUT2D eigenvalue weighted by molar-refractivity contribution is 0.0956. The molecule has 0 bridgehead atoms. The van der Waals surface area contributed by atoms with Crippen LogP contribution in [0, 0.1) is 0 Å². The Hall–Kier alpha value is -2.18. The second-order valence-electron chi connectivity index (χ2n) is 4.37. The van der Waals surface area contributed by atoms with Crippen LogP contribution in [0.2, 0.25) is 5.02 Å². The Balaban J connectivity index is 1.79. The lowest BCUT2D eigenvalue weighted by Gasteiger charge is -2.04. The van der Waals surface area contributed by atoms with Crippen molar-refractivity contribution in [2.24, 2.45) is 0 Å². The number of amides is 1. The molecule has 3 aromatic rings. The van der Waals surface area contributed by atoms with Crippen LogP contribution in [0.1, 0.15) is 15.2 Å². The molecule has 7 heteroatoms. The quantitative estimate of drug-likeness (QED) is 0.778. The summed E-state index contributed by atoms with van der Waals surface area (Å²) in [6.45, 7) is 0.383. The summed E-state index contributed by atoms with van der Waals surface area (Å²) in [5.74, 6) is -0.239. The zero-order valence-electron chi connectivity index (χ0n) is 10.8. The lowest BCUT2D eigenvalue weighted by Crippen LogP contribution is -2.22. The normalized spacial score (nSPS) is 10.7. The Kier molecular flexibility index (Phi) is 3.72. The molecule has 0 saturated heterocycles. The summed E-state index contributed by atoms with van der Waals surface area (Å²) in [7, 11) is 0. The van der Waals surface area contributed by atoms with Gasteiger partial charge in [0.25, 0.3) is 5.91 Å². The minimum atomic E-state index is -0.239. The Bertz CT molecular complexity index is 818. The predicted molar refractivity (Wildman–Crippen MR) is 84.4 cm³/mol. The van der Waals surface area contributed by atoms with E-state index in [1.807, 2.05) is 12.1 Å². The smallest absolute Gasteiger partial charge is 0.263 e. The number of rotatable bonds is 3. The first-order valence-corrected chi connectivity index (χ1v) is 7.36. The number of benzene rings is 1. The summed E-state index contributed by atoms with van der Waals surface area (Å²) < 4.78 is 0. The predicted octanol–water partition coefficient (Wildman–Crippen LogP) is 2.86. The molecule has 2 heterocycles. The van der Waals surface area contributed by atoms with Gasteiger partial charge in [0.2, 0.25) is 0 Å². The van der Waals surface area contributed by atoms with Crippen LogP contribution in [0.5, 0.6) is 0 Å². The van der Waals surface area contributed by atoms with Gasteiger partial charge in [0.1, 0.15) is 15.2 Å². The van der Waals surface area contributed by atoms with Gasteiger partial charge >= 0.3 is 0 Å². The van der Waals surface area contributed by atoms with Crippen molar-refractivity contribution >= 4 is 44.9 Å². The van der Waals surface area contributed by atoms with Crippen LogP contribution >= 0.6 is 22.9 Å². The fourth-order valence-corrected chi connectivity index (χ4v) is 3.07. The fourth-order valence-electron chi connectivity index (χ4n) is 1.92. The Labute approximate surface area is 129 Å². The second kappa shape index (κ2) is 5.67. The highest BCUT2D eigenvalue weighted by Crippen LogP contribution is 2.30. The van der Waals surface area contributed by atoms with Crippen LogP contribution in [-0.2, 0) is 6.54 Å². The Morgan fingerprint density at radius 2 is 2.14 bits per heavy atom. The number of thiophene rings is 1. The number of nitrogen functional groups attached to an aromatic ring is 1. The second-order valence-corrected chi connectivity index (χ2v) is 5.80. The monoisotopic (exact) mass is 318 g/mol. The number of anilines is 1. The highest BCUT2D eigenvalue weighted by molar-refractivity contribution is 7.21. The molecule has 21 heavy (non-hydrogen) atoms. The summed E-state index contributed by atoms with van der Waals surface area (Å²) in [6.07, 6.45) is 3.13. The maximum atomic E-state index is 12.2. The molecule has 0 atom stereocenters. The highest BCUT2D eigenvalue weighted by atomic mass is 35.5. The van der Waals surface area contributed by atoms with E-state index in [0.717, 1.165) is 5.56 Å².